The Morgan fingerprint density at radius 2 is 1.65 bits per heavy atom. The zero-order valence-electron chi connectivity index (χ0n) is 18.9. The second-order valence-electron chi connectivity index (χ2n) is 7.32. The average Bonchev–Trinajstić information content (AvgIpc) is 2.84. The second kappa shape index (κ2) is 10.5. The highest BCUT2D eigenvalue weighted by molar-refractivity contribution is 5.98. The molecule has 10 nitrogen and oxygen atoms in total. The van der Waals surface area contributed by atoms with Gasteiger partial charge in [-0.15, -0.1) is 0 Å². The molecule has 2 aromatic carbocycles. The van der Waals surface area contributed by atoms with E-state index in [2.05, 4.69) is 0 Å². The average molecular weight is 468 g/mol. The second-order valence-corrected chi connectivity index (χ2v) is 7.32. The Morgan fingerprint density at radius 1 is 1.06 bits per heavy atom. The lowest BCUT2D eigenvalue weighted by Gasteiger charge is -2.30. The first kappa shape index (κ1) is 24.3. The van der Waals surface area contributed by atoms with Gasteiger partial charge in [-0.3, -0.25) is 10.1 Å². The number of phenols is 1. The van der Waals surface area contributed by atoms with Crippen molar-refractivity contribution < 1.29 is 33.8 Å². The summed E-state index contributed by atoms with van der Waals surface area (Å²) in [6.07, 6.45) is 3.05. The van der Waals surface area contributed by atoms with Gasteiger partial charge in [0.1, 0.15) is 0 Å². The molecule has 0 saturated heterocycles. The Balaban J connectivity index is 2.20. The molecule has 0 amide bonds. The lowest BCUT2D eigenvalue weighted by atomic mass is 9.82. The summed E-state index contributed by atoms with van der Waals surface area (Å²) in [7, 11) is 2.39. The number of methoxy groups -OCH3 is 2. The highest BCUT2D eigenvalue weighted by Crippen LogP contribution is 2.44. The molecule has 0 aliphatic carbocycles. The molecule has 0 bridgehead atoms. The summed E-state index contributed by atoms with van der Waals surface area (Å²) < 4.78 is 15.3. The van der Waals surface area contributed by atoms with Crippen LogP contribution in [0, 0.1) is 10.1 Å². The highest BCUT2D eigenvalue weighted by atomic mass is 16.6. The molecule has 0 spiro atoms. The van der Waals surface area contributed by atoms with E-state index in [4.69, 9.17) is 14.2 Å². The van der Waals surface area contributed by atoms with Crippen molar-refractivity contribution in [3.05, 3.63) is 87.3 Å². The molecule has 34 heavy (non-hydrogen) atoms. The zero-order valence-corrected chi connectivity index (χ0v) is 18.9. The van der Waals surface area contributed by atoms with Crippen molar-refractivity contribution in [1.29, 1.82) is 0 Å². The van der Waals surface area contributed by atoms with Crippen LogP contribution in [0.1, 0.15) is 24.0 Å². The third-order valence-corrected chi connectivity index (χ3v) is 5.19. The largest absolute Gasteiger partial charge is 0.500 e. The Kier molecular flexibility index (Phi) is 7.52. The van der Waals surface area contributed by atoms with Gasteiger partial charge in [-0.05, 0) is 24.1 Å². The summed E-state index contributed by atoms with van der Waals surface area (Å²) in [6.45, 7) is 2.12. The Hall–Kier alpha value is -4.34. The number of esters is 2. The molecule has 2 aromatic rings. The summed E-state index contributed by atoms with van der Waals surface area (Å²) in [6, 6.07) is 11.8. The summed E-state index contributed by atoms with van der Waals surface area (Å²) in [4.78, 5) is 38.0. The van der Waals surface area contributed by atoms with Crippen molar-refractivity contribution in [3.8, 4) is 11.5 Å². The fraction of sp³-hybridized carbons (Fsp3) is 0.250. The quantitative estimate of drug-likeness (QED) is 0.352. The molecule has 1 N–H and O–H groups in total. The fourth-order valence-electron chi connectivity index (χ4n) is 3.72. The first-order valence-corrected chi connectivity index (χ1v) is 10.3. The van der Waals surface area contributed by atoms with Gasteiger partial charge in [0, 0.05) is 25.0 Å². The molecule has 3 rings (SSSR count). The van der Waals surface area contributed by atoms with E-state index in [1.54, 1.807) is 11.8 Å². The summed E-state index contributed by atoms with van der Waals surface area (Å²) in [5.74, 6) is -3.32. The third-order valence-electron chi connectivity index (χ3n) is 5.19. The molecule has 0 saturated carbocycles. The van der Waals surface area contributed by atoms with Gasteiger partial charge in [-0.1, -0.05) is 30.3 Å². The number of nitrogens with zero attached hydrogens (tertiary/aromatic N) is 2. The SMILES string of the molecule is CCOc1cc(C2C(C(=O)OC)=CN(Cc3ccccc3)C=C2C(=O)OC)cc([N+](=O)[O-])c1O. The zero-order chi connectivity index (χ0) is 24.8. The normalized spacial score (nSPS) is 13.6. The van der Waals surface area contributed by atoms with Gasteiger partial charge in [0.15, 0.2) is 5.75 Å². The first-order chi connectivity index (χ1) is 16.3. The molecule has 1 aliphatic heterocycles. The van der Waals surface area contributed by atoms with Crippen LogP contribution < -0.4 is 4.74 Å². The van der Waals surface area contributed by atoms with E-state index in [9.17, 15) is 24.8 Å². The van der Waals surface area contributed by atoms with Crippen LogP contribution in [0.2, 0.25) is 0 Å². The topological polar surface area (TPSA) is 128 Å². The fourth-order valence-corrected chi connectivity index (χ4v) is 3.72. The predicted molar refractivity (Wildman–Crippen MR) is 121 cm³/mol. The third kappa shape index (κ3) is 5.01. The monoisotopic (exact) mass is 468 g/mol. The first-order valence-electron chi connectivity index (χ1n) is 10.3. The van der Waals surface area contributed by atoms with E-state index in [1.165, 1.54) is 32.7 Å². The van der Waals surface area contributed by atoms with E-state index < -0.39 is 34.2 Å². The van der Waals surface area contributed by atoms with Crippen molar-refractivity contribution in [2.75, 3.05) is 20.8 Å². The standard InChI is InChI=1S/C24H24N2O8/c1-4-34-20-11-16(10-19(22(20)27)26(30)31)21-17(23(28)32-2)13-25(14-18(21)24(29)33-3)12-15-8-6-5-7-9-15/h5-11,13-14,21,27H,4,12H2,1-3H3. The highest BCUT2D eigenvalue weighted by Gasteiger charge is 2.37. The number of nitro benzene ring substituents is 1. The van der Waals surface area contributed by atoms with E-state index in [-0.39, 0.29) is 29.1 Å². The van der Waals surface area contributed by atoms with Crippen molar-refractivity contribution in [3.63, 3.8) is 0 Å². The number of ether oxygens (including phenoxy) is 3. The van der Waals surface area contributed by atoms with Gasteiger partial charge in [-0.2, -0.15) is 0 Å². The van der Waals surface area contributed by atoms with Crippen LogP contribution in [0.25, 0.3) is 0 Å². The van der Waals surface area contributed by atoms with Crippen LogP contribution in [0.4, 0.5) is 5.69 Å². The summed E-state index contributed by atoms with van der Waals surface area (Å²) in [5.41, 5.74) is 0.593. The number of hydrogen-bond acceptors (Lipinski definition) is 9. The maximum atomic E-state index is 12.8. The number of aromatic hydroxyl groups is 1. The molecule has 1 aliphatic rings. The maximum Gasteiger partial charge on any atom is 0.336 e. The van der Waals surface area contributed by atoms with Gasteiger partial charge in [0.05, 0.1) is 42.8 Å². The Labute approximate surface area is 195 Å². The van der Waals surface area contributed by atoms with Gasteiger partial charge in [0.25, 0.3) is 0 Å². The molecule has 10 heteroatoms. The van der Waals surface area contributed by atoms with Gasteiger partial charge >= 0.3 is 17.6 Å². The van der Waals surface area contributed by atoms with Gasteiger partial charge < -0.3 is 24.2 Å². The number of benzene rings is 2. The number of phenolic OH excluding ortho intramolecular Hbond substituents is 1. The van der Waals surface area contributed by atoms with E-state index >= 15 is 0 Å². The molecule has 0 unspecified atom stereocenters. The van der Waals surface area contributed by atoms with E-state index in [0.29, 0.717) is 6.54 Å². The van der Waals surface area contributed by atoms with Crippen LogP contribution in [0.15, 0.2) is 66.0 Å². The van der Waals surface area contributed by atoms with Crippen molar-refractivity contribution in [1.82, 2.24) is 4.90 Å². The molecule has 0 fully saturated rings. The molecule has 178 valence electrons. The smallest absolute Gasteiger partial charge is 0.336 e. The predicted octanol–water partition coefficient (Wildman–Crippen LogP) is 3.41. The summed E-state index contributed by atoms with van der Waals surface area (Å²) in [5, 5.41) is 21.9. The van der Waals surface area contributed by atoms with E-state index in [0.717, 1.165) is 11.6 Å². The molecule has 0 atom stereocenters. The number of carbonyl (C=O) groups excluding carboxylic acids is 2. The van der Waals surface area contributed by atoms with Crippen LogP contribution in [0.3, 0.4) is 0 Å². The number of carbonyl (C=O) groups is 2. The minimum absolute atomic E-state index is 0.0590. The van der Waals surface area contributed by atoms with Gasteiger partial charge in [0.2, 0.25) is 5.75 Å². The Bertz CT molecular complexity index is 1120. The van der Waals surface area contributed by atoms with Crippen LogP contribution in [-0.2, 0) is 25.6 Å². The minimum Gasteiger partial charge on any atom is -0.500 e. The van der Waals surface area contributed by atoms with Crippen LogP contribution in [-0.4, -0.2) is 47.7 Å². The lowest BCUT2D eigenvalue weighted by Crippen LogP contribution is -2.28. The number of rotatable bonds is 8. The van der Waals surface area contributed by atoms with Crippen LogP contribution in [0.5, 0.6) is 11.5 Å². The number of nitro groups is 1. The van der Waals surface area contributed by atoms with E-state index in [1.807, 2.05) is 30.3 Å². The molecule has 0 aromatic heterocycles. The van der Waals surface area contributed by atoms with Crippen molar-refractivity contribution in [2.45, 2.75) is 19.4 Å². The Morgan fingerprint density at radius 3 is 2.15 bits per heavy atom. The van der Waals surface area contributed by atoms with Crippen LogP contribution >= 0.6 is 0 Å². The molecular weight excluding hydrogens is 444 g/mol. The number of hydrogen-bond donors (Lipinski definition) is 1. The van der Waals surface area contributed by atoms with Gasteiger partial charge in [-0.25, -0.2) is 9.59 Å². The molecular formula is C24H24N2O8. The lowest BCUT2D eigenvalue weighted by molar-refractivity contribution is -0.386. The van der Waals surface area contributed by atoms with Crippen molar-refractivity contribution >= 4 is 17.6 Å². The minimum atomic E-state index is -1.06. The molecule has 0 radical (unpaired) electrons. The van der Waals surface area contributed by atoms with Crippen molar-refractivity contribution in [2.24, 2.45) is 0 Å². The molecule has 1 heterocycles. The summed E-state index contributed by atoms with van der Waals surface area (Å²) >= 11 is 0. The maximum absolute atomic E-state index is 12.8.